The van der Waals surface area contributed by atoms with Gasteiger partial charge < -0.3 is 4.74 Å². The second kappa shape index (κ2) is 7.49. The van der Waals surface area contributed by atoms with Crippen LogP contribution in [0.1, 0.15) is 18.0 Å². The molecule has 0 amide bonds. The smallest absolute Gasteiger partial charge is 0.247 e. The second-order valence-corrected chi connectivity index (χ2v) is 7.56. The fraction of sp³-hybridized carbons (Fsp3) is 0.312. The van der Waals surface area contributed by atoms with Crippen LogP contribution in [0.4, 0.5) is 22.0 Å². The SMILES string of the molecule is O=S(=O)(NC(c1cccnc1)C1CCOC1)c1c(F)c(F)c(F)c(F)c1F. The predicted octanol–water partition coefficient (Wildman–Crippen LogP) is 2.83. The lowest BCUT2D eigenvalue weighted by molar-refractivity contribution is 0.179. The molecule has 1 aromatic carbocycles. The number of pyridine rings is 1. The largest absolute Gasteiger partial charge is 0.381 e. The maximum absolute atomic E-state index is 14.0. The molecule has 1 saturated heterocycles. The van der Waals surface area contributed by atoms with Crippen molar-refractivity contribution in [3.05, 3.63) is 59.2 Å². The Kier molecular flexibility index (Phi) is 5.45. The minimum absolute atomic E-state index is 0.152. The van der Waals surface area contributed by atoms with Crippen molar-refractivity contribution in [1.29, 1.82) is 0 Å². The molecule has 2 atom stereocenters. The van der Waals surface area contributed by atoms with Crippen LogP contribution in [-0.2, 0) is 14.8 Å². The molecule has 1 aromatic heterocycles. The van der Waals surface area contributed by atoms with Crippen molar-refractivity contribution in [3.63, 3.8) is 0 Å². The third kappa shape index (κ3) is 3.66. The summed E-state index contributed by atoms with van der Waals surface area (Å²) in [5.41, 5.74) is 0.362. The van der Waals surface area contributed by atoms with E-state index >= 15 is 0 Å². The molecule has 1 N–H and O–H groups in total. The van der Waals surface area contributed by atoms with E-state index in [4.69, 9.17) is 4.74 Å². The highest BCUT2D eigenvalue weighted by atomic mass is 32.2. The lowest BCUT2D eigenvalue weighted by Crippen LogP contribution is -2.35. The van der Waals surface area contributed by atoms with Gasteiger partial charge in [0.25, 0.3) is 0 Å². The average molecular weight is 408 g/mol. The van der Waals surface area contributed by atoms with Crippen molar-refractivity contribution in [3.8, 4) is 0 Å². The first kappa shape index (κ1) is 19.6. The summed E-state index contributed by atoms with van der Waals surface area (Å²) in [6.07, 6.45) is 3.20. The average Bonchev–Trinajstić information content (AvgIpc) is 3.18. The lowest BCUT2D eigenvalue weighted by Gasteiger charge is -2.24. The maximum Gasteiger partial charge on any atom is 0.247 e. The Morgan fingerprint density at radius 1 is 1.07 bits per heavy atom. The quantitative estimate of drug-likeness (QED) is 0.469. The molecule has 3 rings (SSSR count). The number of hydrogen-bond acceptors (Lipinski definition) is 4. The van der Waals surface area contributed by atoms with Gasteiger partial charge in [0, 0.05) is 24.9 Å². The van der Waals surface area contributed by atoms with Crippen molar-refractivity contribution in [2.75, 3.05) is 13.2 Å². The van der Waals surface area contributed by atoms with Gasteiger partial charge in [0.05, 0.1) is 12.6 Å². The summed E-state index contributed by atoms with van der Waals surface area (Å²) in [5.74, 6) is -12.4. The van der Waals surface area contributed by atoms with Crippen LogP contribution in [0.5, 0.6) is 0 Å². The zero-order chi connectivity index (χ0) is 19.8. The van der Waals surface area contributed by atoms with E-state index in [9.17, 15) is 30.4 Å². The van der Waals surface area contributed by atoms with Crippen LogP contribution in [0, 0.1) is 35.0 Å². The van der Waals surface area contributed by atoms with Gasteiger partial charge in [-0.2, -0.15) is 0 Å². The molecule has 0 bridgehead atoms. The van der Waals surface area contributed by atoms with Gasteiger partial charge in [-0.15, -0.1) is 0 Å². The van der Waals surface area contributed by atoms with Crippen LogP contribution in [0.2, 0.25) is 0 Å². The summed E-state index contributed by atoms with van der Waals surface area (Å²) in [6.45, 7) is 0.491. The number of sulfonamides is 1. The fourth-order valence-electron chi connectivity index (χ4n) is 2.86. The van der Waals surface area contributed by atoms with Gasteiger partial charge in [0.2, 0.25) is 15.8 Å². The maximum atomic E-state index is 14.0. The number of nitrogens with zero attached hydrogens (tertiary/aromatic N) is 1. The van der Waals surface area contributed by atoms with Crippen LogP contribution in [0.15, 0.2) is 29.4 Å². The third-order valence-corrected chi connectivity index (χ3v) is 5.66. The standard InChI is InChI=1S/C16H13F5N2O3S/c17-10-11(18)13(20)16(14(21)12(10)19)27(24,25)23-15(9-3-5-26-7-9)8-2-1-4-22-6-8/h1-2,4,6,9,15,23H,3,5,7H2. The molecule has 1 aliphatic rings. The predicted molar refractivity (Wildman–Crippen MR) is 82.5 cm³/mol. The van der Waals surface area contributed by atoms with Crippen LogP contribution in [0.3, 0.4) is 0 Å². The zero-order valence-electron chi connectivity index (χ0n) is 13.6. The Bertz CT molecular complexity index is 921. The van der Waals surface area contributed by atoms with E-state index in [2.05, 4.69) is 4.98 Å². The van der Waals surface area contributed by atoms with Crippen molar-refractivity contribution >= 4 is 10.0 Å². The van der Waals surface area contributed by atoms with Crippen molar-refractivity contribution in [2.45, 2.75) is 17.4 Å². The zero-order valence-corrected chi connectivity index (χ0v) is 14.4. The Morgan fingerprint density at radius 2 is 1.70 bits per heavy atom. The van der Waals surface area contributed by atoms with Gasteiger partial charge in [0.15, 0.2) is 28.2 Å². The van der Waals surface area contributed by atoms with Crippen LogP contribution >= 0.6 is 0 Å². The molecule has 146 valence electrons. The number of nitrogens with one attached hydrogen (secondary N) is 1. The normalized spacial score (nSPS) is 18.6. The Labute approximate surface area is 151 Å². The first-order valence-electron chi connectivity index (χ1n) is 7.75. The van der Waals surface area contributed by atoms with E-state index in [0.717, 1.165) is 0 Å². The summed E-state index contributed by atoms with van der Waals surface area (Å²) >= 11 is 0. The van der Waals surface area contributed by atoms with Gasteiger partial charge in [0.1, 0.15) is 0 Å². The van der Waals surface area contributed by atoms with Crippen LogP contribution in [0.25, 0.3) is 0 Å². The minimum atomic E-state index is -5.10. The van der Waals surface area contributed by atoms with Gasteiger partial charge in [-0.3, -0.25) is 4.98 Å². The van der Waals surface area contributed by atoms with E-state index in [0.29, 0.717) is 18.6 Å². The van der Waals surface area contributed by atoms with Crippen LogP contribution in [-0.4, -0.2) is 26.6 Å². The molecule has 1 aliphatic heterocycles. The fourth-order valence-corrected chi connectivity index (χ4v) is 4.29. The summed E-state index contributed by atoms with van der Waals surface area (Å²) in [5, 5.41) is 0. The molecule has 27 heavy (non-hydrogen) atoms. The van der Waals surface area contributed by atoms with E-state index in [-0.39, 0.29) is 6.61 Å². The van der Waals surface area contributed by atoms with Crippen LogP contribution < -0.4 is 4.72 Å². The number of benzene rings is 1. The molecule has 0 radical (unpaired) electrons. The van der Waals surface area contributed by atoms with E-state index < -0.39 is 56.0 Å². The highest BCUT2D eigenvalue weighted by molar-refractivity contribution is 7.89. The van der Waals surface area contributed by atoms with Gasteiger partial charge in [-0.05, 0) is 18.1 Å². The molecule has 5 nitrogen and oxygen atoms in total. The summed E-state index contributed by atoms with van der Waals surface area (Å²) in [7, 11) is -5.10. The molecule has 11 heteroatoms. The summed E-state index contributed by atoms with van der Waals surface area (Å²) in [4.78, 5) is 1.94. The van der Waals surface area contributed by atoms with Gasteiger partial charge in [-0.25, -0.2) is 35.1 Å². The molecule has 1 fully saturated rings. The number of ether oxygens (including phenoxy) is 1. The van der Waals surface area contributed by atoms with Crippen molar-refractivity contribution in [2.24, 2.45) is 5.92 Å². The third-order valence-electron chi connectivity index (χ3n) is 4.20. The first-order chi connectivity index (χ1) is 12.7. The first-order valence-corrected chi connectivity index (χ1v) is 9.23. The molecule has 0 aliphatic carbocycles. The Balaban J connectivity index is 2.06. The van der Waals surface area contributed by atoms with E-state index in [1.807, 2.05) is 4.72 Å². The molecule has 0 spiro atoms. The summed E-state index contributed by atoms with van der Waals surface area (Å²) in [6, 6.07) is 2.02. The number of rotatable bonds is 5. The molecular weight excluding hydrogens is 395 g/mol. The molecule has 0 saturated carbocycles. The van der Waals surface area contributed by atoms with Crippen molar-refractivity contribution in [1.82, 2.24) is 9.71 Å². The highest BCUT2D eigenvalue weighted by Gasteiger charge is 2.37. The van der Waals surface area contributed by atoms with E-state index in [1.54, 1.807) is 0 Å². The van der Waals surface area contributed by atoms with Crippen molar-refractivity contribution < 1.29 is 35.1 Å². The number of halogens is 5. The number of hydrogen-bond donors (Lipinski definition) is 1. The highest BCUT2D eigenvalue weighted by Crippen LogP contribution is 2.32. The Hall–Kier alpha value is -2.11. The second-order valence-electron chi connectivity index (χ2n) is 5.91. The molecule has 2 heterocycles. The monoisotopic (exact) mass is 408 g/mol. The van der Waals surface area contributed by atoms with Gasteiger partial charge in [-0.1, -0.05) is 6.07 Å². The topological polar surface area (TPSA) is 68.3 Å². The Morgan fingerprint density at radius 3 is 2.22 bits per heavy atom. The van der Waals surface area contributed by atoms with E-state index in [1.165, 1.54) is 24.5 Å². The molecule has 2 aromatic rings. The van der Waals surface area contributed by atoms with Gasteiger partial charge >= 0.3 is 0 Å². The summed E-state index contributed by atoms with van der Waals surface area (Å²) < 4.78 is 100. The lowest BCUT2D eigenvalue weighted by atomic mass is 9.94. The molecular formula is C16H13F5N2O3S. The molecule has 2 unspecified atom stereocenters. The minimum Gasteiger partial charge on any atom is -0.381 e. The number of aromatic nitrogens is 1.